The first kappa shape index (κ1) is 10.9. The molecule has 0 amide bonds. The number of benzene rings is 2. The van der Waals surface area contributed by atoms with Crippen LogP contribution in [-0.2, 0) is 11.2 Å². The van der Waals surface area contributed by atoms with E-state index in [0.717, 1.165) is 6.42 Å². The Morgan fingerprint density at radius 3 is 2.62 bits per heavy atom. The highest BCUT2D eigenvalue weighted by Gasteiger charge is 1.94. The number of hydrogen-bond donors (Lipinski definition) is 0. The number of allylic oxidation sites excluding steroid dienone is 2. The minimum atomic E-state index is -0.430. The summed E-state index contributed by atoms with van der Waals surface area (Å²) < 4.78 is 0. The van der Waals surface area contributed by atoms with E-state index >= 15 is 0 Å². The van der Waals surface area contributed by atoms with Crippen molar-refractivity contribution in [3.05, 3.63) is 60.2 Å². The Morgan fingerprint density at radius 1 is 1.12 bits per heavy atom. The lowest BCUT2D eigenvalue weighted by Gasteiger charge is -2.00. The average molecular weight is 231 g/mol. The molecule has 0 aliphatic heterocycles. The van der Waals surface area contributed by atoms with Gasteiger partial charge >= 0.3 is 0 Å². The van der Waals surface area contributed by atoms with Gasteiger partial charge in [-0.3, -0.25) is 4.79 Å². The van der Waals surface area contributed by atoms with Crippen LogP contribution in [-0.4, -0.2) is 5.24 Å². The molecule has 2 rings (SSSR count). The van der Waals surface area contributed by atoms with E-state index in [1.165, 1.54) is 22.4 Å². The summed E-state index contributed by atoms with van der Waals surface area (Å²) in [6, 6.07) is 14.5. The summed E-state index contributed by atoms with van der Waals surface area (Å²) in [6.07, 6.45) is 3.89. The zero-order chi connectivity index (χ0) is 11.4. The second kappa shape index (κ2) is 4.95. The van der Waals surface area contributed by atoms with Gasteiger partial charge < -0.3 is 0 Å². The summed E-state index contributed by atoms with van der Waals surface area (Å²) in [5, 5.41) is 2.01. The molecule has 0 fully saturated rings. The van der Waals surface area contributed by atoms with Gasteiger partial charge in [0, 0.05) is 0 Å². The molecule has 0 aromatic heterocycles. The lowest BCUT2D eigenvalue weighted by atomic mass is 10.1. The molecule has 0 heterocycles. The van der Waals surface area contributed by atoms with Gasteiger partial charge in [0.1, 0.15) is 0 Å². The maximum absolute atomic E-state index is 10.5. The van der Waals surface area contributed by atoms with E-state index in [1.807, 2.05) is 12.1 Å². The highest BCUT2D eigenvalue weighted by molar-refractivity contribution is 6.66. The van der Waals surface area contributed by atoms with Crippen molar-refractivity contribution in [2.75, 3.05) is 0 Å². The van der Waals surface area contributed by atoms with Crippen molar-refractivity contribution in [2.45, 2.75) is 6.42 Å². The normalized spacial score (nSPS) is 11.1. The van der Waals surface area contributed by atoms with Crippen molar-refractivity contribution in [2.24, 2.45) is 0 Å². The van der Waals surface area contributed by atoms with Gasteiger partial charge in [-0.15, -0.1) is 0 Å². The molecular weight excluding hydrogens is 220 g/mol. The van der Waals surface area contributed by atoms with E-state index in [2.05, 4.69) is 30.3 Å². The van der Waals surface area contributed by atoms with Gasteiger partial charge in [0.15, 0.2) is 0 Å². The highest BCUT2D eigenvalue weighted by Crippen LogP contribution is 2.16. The van der Waals surface area contributed by atoms with Crippen molar-refractivity contribution >= 4 is 27.6 Å². The fraction of sp³-hybridized carbons (Fsp3) is 0.0714. The summed E-state index contributed by atoms with van der Waals surface area (Å²) in [5.41, 5.74) is 1.17. The van der Waals surface area contributed by atoms with Gasteiger partial charge in [0.2, 0.25) is 5.24 Å². The largest absolute Gasteiger partial charge is 0.276 e. The lowest BCUT2D eigenvalue weighted by Crippen LogP contribution is -1.83. The topological polar surface area (TPSA) is 17.1 Å². The number of carbonyl (C=O) groups excluding carboxylic acids is 1. The van der Waals surface area contributed by atoms with Gasteiger partial charge in [0.05, 0.1) is 0 Å². The van der Waals surface area contributed by atoms with Gasteiger partial charge in [-0.2, -0.15) is 0 Å². The molecule has 16 heavy (non-hydrogen) atoms. The van der Waals surface area contributed by atoms with E-state index in [0.29, 0.717) is 0 Å². The molecule has 2 heteroatoms. The Hall–Kier alpha value is -1.60. The van der Waals surface area contributed by atoms with Gasteiger partial charge in [-0.1, -0.05) is 48.5 Å². The first-order valence-corrected chi connectivity index (χ1v) is 5.47. The molecule has 0 aliphatic rings. The molecule has 2 aromatic rings. The number of rotatable bonds is 3. The fourth-order valence-electron chi connectivity index (χ4n) is 1.65. The number of halogens is 1. The smallest absolute Gasteiger partial charge is 0.244 e. The summed E-state index contributed by atoms with van der Waals surface area (Å²) in [6.45, 7) is 0. The van der Waals surface area contributed by atoms with Crippen molar-refractivity contribution in [1.82, 2.24) is 0 Å². The molecule has 0 spiro atoms. The third-order valence-electron chi connectivity index (χ3n) is 2.42. The number of fused-ring (bicyclic) bond motifs is 1. The van der Waals surface area contributed by atoms with E-state index in [1.54, 1.807) is 6.08 Å². The third-order valence-corrected chi connectivity index (χ3v) is 2.54. The van der Waals surface area contributed by atoms with E-state index < -0.39 is 5.24 Å². The average Bonchev–Trinajstić information content (AvgIpc) is 2.28. The molecule has 0 unspecified atom stereocenters. The first-order valence-electron chi connectivity index (χ1n) is 5.09. The lowest BCUT2D eigenvalue weighted by molar-refractivity contribution is -0.107. The number of hydrogen-bond acceptors (Lipinski definition) is 1. The van der Waals surface area contributed by atoms with Crippen LogP contribution in [0.5, 0.6) is 0 Å². The monoisotopic (exact) mass is 230 g/mol. The predicted molar refractivity (Wildman–Crippen MR) is 67.7 cm³/mol. The maximum Gasteiger partial charge on any atom is 0.244 e. The zero-order valence-corrected chi connectivity index (χ0v) is 9.45. The Morgan fingerprint density at radius 2 is 1.88 bits per heavy atom. The van der Waals surface area contributed by atoms with Crippen LogP contribution in [0.1, 0.15) is 5.56 Å². The van der Waals surface area contributed by atoms with Crippen molar-refractivity contribution in [1.29, 1.82) is 0 Å². The fourth-order valence-corrected chi connectivity index (χ4v) is 1.74. The van der Waals surface area contributed by atoms with E-state index in [-0.39, 0.29) is 0 Å². The maximum atomic E-state index is 10.5. The van der Waals surface area contributed by atoms with Crippen LogP contribution in [0.3, 0.4) is 0 Å². The van der Waals surface area contributed by atoms with Gasteiger partial charge in [0.25, 0.3) is 0 Å². The van der Waals surface area contributed by atoms with Crippen LogP contribution in [0.4, 0.5) is 0 Å². The molecule has 80 valence electrons. The number of carbonyl (C=O) groups is 1. The van der Waals surface area contributed by atoms with Crippen molar-refractivity contribution < 1.29 is 4.79 Å². The van der Waals surface area contributed by atoms with Crippen LogP contribution in [0.2, 0.25) is 0 Å². The molecule has 0 radical (unpaired) electrons. The standard InChI is InChI=1S/C14H11ClO/c15-14(16)7-3-4-11-8-9-12-5-1-2-6-13(12)10-11/h1-3,5-10H,4H2. The molecule has 1 nitrogen and oxygen atoms in total. The second-order valence-corrected chi connectivity index (χ2v) is 3.96. The Kier molecular flexibility index (Phi) is 3.37. The zero-order valence-electron chi connectivity index (χ0n) is 8.69. The Balaban J connectivity index is 2.23. The first-order chi connectivity index (χ1) is 7.75. The summed E-state index contributed by atoms with van der Waals surface area (Å²) >= 11 is 5.21. The van der Waals surface area contributed by atoms with Gasteiger partial charge in [-0.05, 0) is 40.4 Å². The van der Waals surface area contributed by atoms with Crippen LogP contribution < -0.4 is 0 Å². The van der Waals surface area contributed by atoms with E-state index in [9.17, 15) is 4.79 Å². The third kappa shape index (κ3) is 2.71. The molecule has 0 N–H and O–H groups in total. The summed E-state index contributed by atoms with van der Waals surface area (Å²) in [7, 11) is 0. The van der Waals surface area contributed by atoms with Crippen LogP contribution >= 0.6 is 11.6 Å². The van der Waals surface area contributed by atoms with Crippen LogP contribution in [0.25, 0.3) is 10.8 Å². The van der Waals surface area contributed by atoms with E-state index in [4.69, 9.17) is 11.6 Å². The van der Waals surface area contributed by atoms with Crippen LogP contribution in [0.15, 0.2) is 54.6 Å². The summed E-state index contributed by atoms with van der Waals surface area (Å²) in [5.74, 6) is 0. The quantitative estimate of drug-likeness (QED) is 0.580. The molecule has 2 aromatic carbocycles. The molecule has 0 saturated carbocycles. The second-order valence-electron chi connectivity index (χ2n) is 3.59. The Labute approximate surface area is 99.3 Å². The van der Waals surface area contributed by atoms with Crippen LogP contribution in [0, 0.1) is 0 Å². The minimum Gasteiger partial charge on any atom is -0.276 e. The molecule has 0 atom stereocenters. The summed E-state index contributed by atoms with van der Waals surface area (Å²) in [4.78, 5) is 10.5. The highest BCUT2D eigenvalue weighted by atomic mass is 35.5. The SMILES string of the molecule is O=C(Cl)C=CCc1ccc2ccccc2c1. The van der Waals surface area contributed by atoms with Gasteiger partial charge in [-0.25, -0.2) is 0 Å². The van der Waals surface area contributed by atoms with Crippen molar-refractivity contribution in [3.8, 4) is 0 Å². The predicted octanol–water partition coefficient (Wildman–Crippen LogP) is 3.70. The molecule has 0 saturated heterocycles. The molecular formula is C14H11ClO. The minimum absolute atomic E-state index is 0.430. The molecule has 0 bridgehead atoms. The Bertz CT molecular complexity index is 543. The van der Waals surface area contributed by atoms with Crippen molar-refractivity contribution in [3.63, 3.8) is 0 Å². The molecule has 0 aliphatic carbocycles.